The minimum absolute atomic E-state index is 0.230. The van der Waals surface area contributed by atoms with Crippen LogP contribution >= 0.6 is 0 Å². The first-order valence-electron chi connectivity index (χ1n) is 7.79. The van der Waals surface area contributed by atoms with Crippen LogP contribution in [0.4, 0.5) is 5.69 Å². The first-order chi connectivity index (χ1) is 12.3. The second kappa shape index (κ2) is 7.88. The van der Waals surface area contributed by atoms with E-state index in [2.05, 4.69) is 21.9 Å². The molecule has 3 rings (SSSR count). The molecule has 5 heteroatoms. The first-order valence-corrected chi connectivity index (χ1v) is 7.79. The van der Waals surface area contributed by atoms with Crippen LogP contribution in [-0.2, 0) is 0 Å². The van der Waals surface area contributed by atoms with Crippen molar-refractivity contribution in [3.05, 3.63) is 85.2 Å². The summed E-state index contributed by atoms with van der Waals surface area (Å²) in [6.07, 6.45) is 4.85. The molecule has 0 atom stereocenters. The smallest absolute Gasteiger partial charge is 0.255 e. The molecule has 25 heavy (non-hydrogen) atoms. The number of nitrogens with zero attached hydrogens (tertiary/aromatic N) is 2. The minimum atomic E-state index is -0.230. The molecule has 0 aliphatic carbocycles. The molecule has 0 saturated heterocycles. The topological polar surface area (TPSA) is 64.1 Å². The normalized spacial score (nSPS) is 10.1. The molecule has 0 bridgehead atoms. The quantitative estimate of drug-likeness (QED) is 0.694. The Hall–Kier alpha value is -3.47. The molecule has 1 N–H and O–H groups in total. The number of ether oxygens (including phenoxy) is 1. The van der Waals surface area contributed by atoms with Crippen molar-refractivity contribution in [2.45, 2.75) is 0 Å². The van der Waals surface area contributed by atoms with Gasteiger partial charge in [0.15, 0.2) is 5.82 Å². The van der Waals surface area contributed by atoms with Gasteiger partial charge in [-0.1, -0.05) is 43.0 Å². The Morgan fingerprint density at radius 3 is 2.36 bits per heavy atom. The van der Waals surface area contributed by atoms with E-state index in [1.807, 2.05) is 30.3 Å². The van der Waals surface area contributed by atoms with Crippen molar-refractivity contribution in [3.8, 4) is 17.1 Å². The number of hydrogen-bond donors (Lipinski definition) is 1. The zero-order valence-corrected chi connectivity index (χ0v) is 13.6. The lowest BCUT2D eigenvalue weighted by molar-refractivity contribution is 0.102. The maximum absolute atomic E-state index is 12.3. The predicted octanol–water partition coefficient (Wildman–Crippen LogP) is 3.96. The van der Waals surface area contributed by atoms with Crippen molar-refractivity contribution in [1.29, 1.82) is 0 Å². The molecule has 2 aromatic carbocycles. The Balaban J connectivity index is 1.65. The molecule has 0 spiro atoms. The van der Waals surface area contributed by atoms with Gasteiger partial charge in [-0.15, -0.1) is 0 Å². The minimum Gasteiger partial charge on any atom is -0.490 e. The van der Waals surface area contributed by atoms with E-state index < -0.39 is 0 Å². The number of aromatic nitrogens is 2. The Morgan fingerprint density at radius 2 is 1.72 bits per heavy atom. The lowest BCUT2D eigenvalue weighted by atomic mass is 10.2. The van der Waals surface area contributed by atoms with Crippen LogP contribution < -0.4 is 10.1 Å². The second-order valence-corrected chi connectivity index (χ2v) is 5.24. The molecule has 3 aromatic rings. The summed E-state index contributed by atoms with van der Waals surface area (Å²) in [5.74, 6) is 1.07. The fraction of sp³-hybridized carbons (Fsp3) is 0.0500. The number of anilines is 1. The fourth-order valence-corrected chi connectivity index (χ4v) is 2.19. The summed E-state index contributed by atoms with van der Waals surface area (Å²) < 4.78 is 5.39. The van der Waals surface area contributed by atoms with Gasteiger partial charge in [0, 0.05) is 11.1 Å². The monoisotopic (exact) mass is 331 g/mol. The standard InChI is InChI=1S/C20H17N3O2/c1-2-12-25-18-10-8-16(9-11-18)20(24)23-17-13-21-19(22-14-17)15-6-4-3-5-7-15/h2-11,13-14H,1,12H2,(H,23,24). The molecule has 1 aromatic heterocycles. The molecule has 0 fully saturated rings. The summed E-state index contributed by atoms with van der Waals surface area (Å²) in [5, 5.41) is 2.78. The third-order valence-corrected chi connectivity index (χ3v) is 3.43. The van der Waals surface area contributed by atoms with Gasteiger partial charge in [0.2, 0.25) is 0 Å². The molecule has 0 unspecified atom stereocenters. The largest absolute Gasteiger partial charge is 0.490 e. The van der Waals surface area contributed by atoms with E-state index in [1.54, 1.807) is 42.7 Å². The van der Waals surface area contributed by atoms with Gasteiger partial charge in [-0.3, -0.25) is 4.79 Å². The van der Waals surface area contributed by atoms with Crippen molar-refractivity contribution in [3.63, 3.8) is 0 Å². The molecular weight excluding hydrogens is 314 g/mol. The summed E-state index contributed by atoms with van der Waals surface area (Å²) in [6.45, 7) is 4.02. The van der Waals surface area contributed by atoms with Gasteiger partial charge in [-0.2, -0.15) is 0 Å². The summed E-state index contributed by atoms with van der Waals surface area (Å²) in [7, 11) is 0. The molecule has 5 nitrogen and oxygen atoms in total. The van der Waals surface area contributed by atoms with Gasteiger partial charge < -0.3 is 10.1 Å². The maximum Gasteiger partial charge on any atom is 0.255 e. The van der Waals surface area contributed by atoms with E-state index >= 15 is 0 Å². The number of hydrogen-bond acceptors (Lipinski definition) is 4. The SMILES string of the molecule is C=CCOc1ccc(C(=O)Nc2cnc(-c3ccccc3)nc2)cc1. The predicted molar refractivity (Wildman–Crippen MR) is 97.6 cm³/mol. The van der Waals surface area contributed by atoms with Gasteiger partial charge in [0.25, 0.3) is 5.91 Å². The fourth-order valence-electron chi connectivity index (χ4n) is 2.19. The molecule has 1 heterocycles. The highest BCUT2D eigenvalue weighted by Crippen LogP contribution is 2.16. The van der Waals surface area contributed by atoms with Gasteiger partial charge in [0.1, 0.15) is 12.4 Å². The third kappa shape index (κ3) is 4.29. The molecular formula is C20H17N3O2. The van der Waals surface area contributed by atoms with E-state index in [-0.39, 0.29) is 5.91 Å². The zero-order valence-electron chi connectivity index (χ0n) is 13.6. The molecule has 0 saturated carbocycles. The highest BCUT2D eigenvalue weighted by atomic mass is 16.5. The number of amides is 1. The average Bonchev–Trinajstić information content (AvgIpc) is 2.68. The molecule has 0 aliphatic rings. The zero-order chi connectivity index (χ0) is 17.5. The van der Waals surface area contributed by atoms with Crippen LogP contribution in [0.3, 0.4) is 0 Å². The van der Waals surface area contributed by atoms with E-state index in [0.29, 0.717) is 29.4 Å². The summed E-state index contributed by atoms with van der Waals surface area (Å²) >= 11 is 0. The molecule has 0 radical (unpaired) electrons. The molecule has 1 amide bonds. The summed E-state index contributed by atoms with van der Waals surface area (Å²) in [5.41, 5.74) is 1.99. The lowest BCUT2D eigenvalue weighted by Gasteiger charge is -2.07. The lowest BCUT2D eigenvalue weighted by Crippen LogP contribution is -2.12. The maximum atomic E-state index is 12.3. The molecule has 0 aliphatic heterocycles. The highest BCUT2D eigenvalue weighted by molar-refractivity contribution is 6.04. The van der Waals surface area contributed by atoms with Crippen molar-refractivity contribution in [2.75, 3.05) is 11.9 Å². The van der Waals surface area contributed by atoms with Crippen LogP contribution in [0, 0.1) is 0 Å². The van der Waals surface area contributed by atoms with Crippen LogP contribution in [0.2, 0.25) is 0 Å². The van der Waals surface area contributed by atoms with E-state index in [9.17, 15) is 4.79 Å². The van der Waals surface area contributed by atoms with Gasteiger partial charge in [-0.25, -0.2) is 9.97 Å². The van der Waals surface area contributed by atoms with Crippen LogP contribution in [-0.4, -0.2) is 22.5 Å². The van der Waals surface area contributed by atoms with Gasteiger partial charge >= 0.3 is 0 Å². The number of carbonyl (C=O) groups excluding carboxylic acids is 1. The Labute approximate surface area is 146 Å². The van der Waals surface area contributed by atoms with Crippen LogP contribution in [0.25, 0.3) is 11.4 Å². The van der Waals surface area contributed by atoms with E-state index in [1.165, 1.54) is 0 Å². The first kappa shape index (κ1) is 16.4. The Morgan fingerprint density at radius 1 is 1.04 bits per heavy atom. The summed E-state index contributed by atoms with van der Waals surface area (Å²) in [6, 6.07) is 16.5. The van der Waals surface area contributed by atoms with Crippen molar-refractivity contribution in [2.24, 2.45) is 0 Å². The Kier molecular flexibility index (Phi) is 5.16. The van der Waals surface area contributed by atoms with Crippen molar-refractivity contribution >= 4 is 11.6 Å². The number of benzene rings is 2. The van der Waals surface area contributed by atoms with E-state index in [4.69, 9.17) is 4.74 Å². The van der Waals surface area contributed by atoms with E-state index in [0.717, 1.165) is 5.56 Å². The van der Waals surface area contributed by atoms with Crippen LogP contribution in [0.15, 0.2) is 79.6 Å². The van der Waals surface area contributed by atoms with Crippen molar-refractivity contribution < 1.29 is 9.53 Å². The second-order valence-electron chi connectivity index (χ2n) is 5.24. The van der Waals surface area contributed by atoms with Crippen molar-refractivity contribution in [1.82, 2.24) is 9.97 Å². The van der Waals surface area contributed by atoms with Crippen LogP contribution in [0.1, 0.15) is 10.4 Å². The average molecular weight is 331 g/mol. The number of nitrogens with one attached hydrogen (secondary N) is 1. The van der Waals surface area contributed by atoms with Gasteiger partial charge in [0.05, 0.1) is 18.1 Å². The highest BCUT2D eigenvalue weighted by Gasteiger charge is 2.07. The number of carbonyl (C=O) groups is 1. The molecule has 124 valence electrons. The third-order valence-electron chi connectivity index (χ3n) is 3.43. The van der Waals surface area contributed by atoms with Gasteiger partial charge in [-0.05, 0) is 24.3 Å². The number of rotatable bonds is 6. The Bertz CT molecular complexity index is 844. The summed E-state index contributed by atoms with van der Waals surface area (Å²) in [4.78, 5) is 20.8. The van der Waals surface area contributed by atoms with Crippen LogP contribution in [0.5, 0.6) is 5.75 Å².